The van der Waals surface area contributed by atoms with E-state index in [9.17, 15) is 4.79 Å². The van der Waals surface area contributed by atoms with E-state index < -0.39 is 0 Å². The molecular formula is C15H26O. The summed E-state index contributed by atoms with van der Waals surface area (Å²) in [5, 5.41) is 0. The van der Waals surface area contributed by atoms with Crippen molar-refractivity contribution in [3.8, 4) is 0 Å². The average Bonchev–Trinajstić information content (AvgIpc) is 2.62. The molecule has 0 bridgehead atoms. The zero-order valence-corrected chi connectivity index (χ0v) is 11.0. The highest BCUT2D eigenvalue weighted by Gasteiger charge is 2.35. The van der Waals surface area contributed by atoms with Gasteiger partial charge in [-0.1, -0.05) is 20.8 Å². The Kier molecular flexibility index (Phi) is 3.71. The molecule has 2 rings (SSSR count). The molecule has 2 fully saturated rings. The van der Waals surface area contributed by atoms with Crippen LogP contribution >= 0.6 is 0 Å². The van der Waals surface area contributed by atoms with E-state index >= 15 is 0 Å². The van der Waals surface area contributed by atoms with E-state index in [2.05, 4.69) is 20.8 Å². The van der Waals surface area contributed by atoms with Crippen LogP contribution < -0.4 is 0 Å². The van der Waals surface area contributed by atoms with Gasteiger partial charge in [-0.25, -0.2) is 0 Å². The predicted octanol–water partition coefficient (Wildman–Crippen LogP) is 4.06. The van der Waals surface area contributed by atoms with E-state index in [1.807, 2.05) is 0 Å². The second kappa shape index (κ2) is 4.89. The van der Waals surface area contributed by atoms with Gasteiger partial charge in [0.05, 0.1) is 0 Å². The lowest BCUT2D eigenvalue weighted by Gasteiger charge is -2.31. The molecule has 2 saturated carbocycles. The van der Waals surface area contributed by atoms with Gasteiger partial charge < -0.3 is 0 Å². The number of Topliss-reactive ketones (excluding diaryl/α,β-unsaturated/α-hetero) is 1. The third-order valence-corrected chi connectivity index (χ3v) is 4.68. The lowest BCUT2D eigenvalue weighted by atomic mass is 9.72. The van der Waals surface area contributed by atoms with E-state index in [1.54, 1.807) is 0 Å². The standard InChI is InChI=1S/C15H26O/c1-10-4-5-13(7-10)15(16)14-8-11(2)6-12(3)9-14/h10-14H,4-9H2,1-3H3. The lowest BCUT2D eigenvalue weighted by molar-refractivity contribution is -0.128. The minimum Gasteiger partial charge on any atom is -0.299 e. The molecule has 4 unspecified atom stereocenters. The van der Waals surface area contributed by atoms with Crippen molar-refractivity contribution < 1.29 is 4.79 Å². The Hall–Kier alpha value is -0.330. The Morgan fingerprint density at radius 2 is 1.31 bits per heavy atom. The highest BCUT2D eigenvalue weighted by atomic mass is 16.1. The van der Waals surface area contributed by atoms with Gasteiger partial charge in [-0.05, 0) is 56.3 Å². The summed E-state index contributed by atoms with van der Waals surface area (Å²) in [4.78, 5) is 12.4. The summed E-state index contributed by atoms with van der Waals surface area (Å²) in [6.45, 7) is 6.92. The summed E-state index contributed by atoms with van der Waals surface area (Å²) < 4.78 is 0. The minimum atomic E-state index is 0.397. The topological polar surface area (TPSA) is 17.1 Å². The molecule has 2 aliphatic rings. The van der Waals surface area contributed by atoms with Gasteiger partial charge in [0.15, 0.2) is 0 Å². The average molecular weight is 222 g/mol. The van der Waals surface area contributed by atoms with Crippen molar-refractivity contribution >= 4 is 5.78 Å². The predicted molar refractivity (Wildman–Crippen MR) is 67.2 cm³/mol. The van der Waals surface area contributed by atoms with Gasteiger partial charge in [0.1, 0.15) is 5.78 Å². The summed E-state index contributed by atoms with van der Waals surface area (Å²) >= 11 is 0. The molecular weight excluding hydrogens is 196 g/mol. The Bertz CT molecular complexity index is 248. The molecule has 0 amide bonds. The first-order chi connectivity index (χ1) is 7.56. The zero-order chi connectivity index (χ0) is 11.7. The van der Waals surface area contributed by atoms with Crippen molar-refractivity contribution in [3.63, 3.8) is 0 Å². The molecule has 0 saturated heterocycles. The van der Waals surface area contributed by atoms with Crippen LogP contribution in [-0.2, 0) is 4.79 Å². The smallest absolute Gasteiger partial charge is 0.139 e. The Labute approximate surface area is 100.0 Å². The first-order valence-electron chi connectivity index (χ1n) is 7.10. The van der Waals surface area contributed by atoms with Crippen molar-refractivity contribution in [3.05, 3.63) is 0 Å². The third-order valence-electron chi connectivity index (χ3n) is 4.68. The van der Waals surface area contributed by atoms with Crippen molar-refractivity contribution in [2.75, 3.05) is 0 Å². The van der Waals surface area contributed by atoms with Crippen molar-refractivity contribution in [2.24, 2.45) is 29.6 Å². The van der Waals surface area contributed by atoms with Gasteiger partial charge >= 0.3 is 0 Å². The number of ketones is 1. The molecule has 0 aromatic heterocycles. The highest BCUT2D eigenvalue weighted by molar-refractivity contribution is 5.83. The quantitative estimate of drug-likeness (QED) is 0.688. The van der Waals surface area contributed by atoms with E-state index in [0.29, 0.717) is 17.6 Å². The fraction of sp³-hybridized carbons (Fsp3) is 0.933. The van der Waals surface area contributed by atoms with Gasteiger partial charge in [-0.2, -0.15) is 0 Å². The molecule has 92 valence electrons. The summed E-state index contributed by atoms with van der Waals surface area (Å²) in [7, 11) is 0. The molecule has 1 heteroatoms. The number of carbonyl (C=O) groups is 1. The van der Waals surface area contributed by atoms with Gasteiger partial charge in [0.2, 0.25) is 0 Å². The second-order valence-electron chi connectivity index (χ2n) is 6.63. The van der Waals surface area contributed by atoms with Crippen LogP contribution in [0.15, 0.2) is 0 Å². The number of rotatable bonds is 2. The van der Waals surface area contributed by atoms with Crippen LogP contribution in [0.2, 0.25) is 0 Å². The largest absolute Gasteiger partial charge is 0.299 e. The van der Waals surface area contributed by atoms with Crippen molar-refractivity contribution in [1.82, 2.24) is 0 Å². The Morgan fingerprint density at radius 3 is 1.81 bits per heavy atom. The van der Waals surface area contributed by atoms with Gasteiger partial charge in [0.25, 0.3) is 0 Å². The maximum atomic E-state index is 12.4. The normalized spacial score (nSPS) is 44.6. The molecule has 1 nitrogen and oxygen atoms in total. The molecule has 16 heavy (non-hydrogen) atoms. The monoisotopic (exact) mass is 222 g/mol. The second-order valence-corrected chi connectivity index (χ2v) is 6.63. The fourth-order valence-electron chi connectivity index (χ4n) is 3.98. The lowest BCUT2D eigenvalue weighted by Crippen LogP contribution is -2.29. The minimum absolute atomic E-state index is 0.397. The van der Waals surface area contributed by atoms with E-state index in [1.165, 1.54) is 19.3 Å². The zero-order valence-electron chi connectivity index (χ0n) is 11.0. The van der Waals surface area contributed by atoms with Crippen LogP contribution in [0.25, 0.3) is 0 Å². The summed E-state index contributed by atoms with van der Waals surface area (Å²) in [6, 6.07) is 0. The molecule has 0 aromatic rings. The SMILES string of the molecule is CC1CCC(C(=O)C2CC(C)CC(C)C2)C1. The van der Waals surface area contributed by atoms with Gasteiger partial charge in [-0.15, -0.1) is 0 Å². The molecule has 0 heterocycles. The fourth-order valence-corrected chi connectivity index (χ4v) is 3.98. The van der Waals surface area contributed by atoms with Crippen LogP contribution in [-0.4, -0.2) is 5.78 Å². The van der Waals surface area contributed by atoms with E-state index in [4.69, 9.17) is 0 Å². The van der Waals surface area contributed by atoms with E-state index in [-0.39, 0.29) is 0 Å². The van der Waals surface area contributed by atoms with Crippen molar-refractivity contribution in [2.45, 2.75) is 59.3 Å². The van der Waals surface area contributed by atoms with Crippen LogP contribution in [0.1, 0.15) is 59.3 Å². The molecule has 0 N–H and O–H groups in total. The summed E-state index contributed by atoms with van der Waals surface area (Å²) in [5.41, 5.74) is 0. The van der Waals surface area contributed by atoms with E-state index in [0.717, 1.165) is 37.0 Å². The first kappa shape index (κ1) is 12.1. The number of carbonyl (C=O) groups excluding carboxylic acids is 1. The van der Waals surface area contributed by atoms with Crippen LogP contribution in [0.3, 0.4) is 0 Å². The maximum absolute atomic E-state index is 12.4. The van der Waals surface area contributed by atoms with Crippen LogP contribution in [0.4, 0.5) is 0 Å². The summed E-state index contributed by atoms with van der Waals surface area (Å²) in [6.07, 6.45) is 7.25. The van der Waals surface area contributed by atoms with Gasteiger partial charge in [-0.3, -0.25) is 4.79 Å². The number of hydrogen-bond acceptors (Lipinski definition) is 1. The first-order valence-corrected chi connectivity index (χ1v) is 7.10. The maximum Gasteiger partial charge on any atom is 0.139 e. The molecule has 4 atom stereocenters. The Balaban J connectivity index is 1.93. The summed E-state index contributed by atoms with van der Waals surface area (Å²) in [5.74, 6) is 3.73. The molecule has 0 radical (unpaired) electrons. The van der Waals surface area contributed by atoms with Crippen LogP contribution in [0.5, 0.6) is 0 Å². The third kappa shape index (κ3) is 2.67. The highest BCUT2D eigenvalue weighted by Crippen LogP contribution is 2.39. The molecule has 0 aromatic carbocycles. The molecule has 2 aliphatic carbocycles. The Morgan fingerprint density at radius 1 is 0.750 bits per heavy atom. The molecule has 0 aliphatic heterocycles. The number of hydrogen-bond donors (Lipinski definition) is 0. The molecule has 0 spiro atoms. The van der Waals surface area contributed by atoms with Crippen molar-refractivity contribution in [1.29, 1.82) is 0 Å². The van der Waals surface area contributed by atoms with Crippen LogP contribution in [0, 0.1) is 29.6 Å². The van der Waals surface area contributed by atoms with Gasteiger partial charge in [0, 0.05) is 11.8 Å².